The quantitative estimate of drug-likeness (QED) is 0.281. The Bertz CT molecular complexity index is 1200. The fourth-order valence-electron chi connectivity index (χ4n) is 5.10. The van der Waals surface area contributed by atoms with Crippen LogP contribution in [0, 0.1) is 11.8 Å². The van der Waals surface area contributed by atoms with E-state index in [1.807, 2.05) is 55.4 Å². The van der Waals surface area contributed by atoms with Crippen molar-refractivity contribution in [1.82, 2.24) is 20.9 Å². The summed E-state index contributed by atoms with van der Waals surface area (Å²) in [6, 6.07) is 4.09. The van der Waals surface area contributed by atoms with Crippen LogP contribution in [0.2, 0.25) is 0 Å². The zero-order valence-corrected chi connectivity index (χ0v) is 26.4. The number of amides is 4. The maximum atomic E-state index is 13.8. The van der Waals surface area contributed by atoms with E-state index in [-0.39, 0.29) is 34.8 Å². The van der Waals surface area contributed by atoms with Gasteiger partial charge in [-0.2, -0.15) is 0 Å². The standard InChI is InChI=1S/C30H45BN4O8/c1-17(2)23(33-26(39)20-13-11-19(12-14-20)25(38)32-16-22(36)37)28(41)35-15-9-10-21(35)27(40)34-24(18(3)4)31-42-29(5,6)30(7,8)43-31/h11-14,17-18,21,23-24H,9-10,15-16H2,1-8H3,(H,32,38)(H,33,39)(H,34,40)(H,36,37)/t21-,23-,24-/m0/s1. The Kier molecular flexibility index (Phi) is 10.7. The SMILES string of the molecule is CC(C)[C@H](NC(=O)[C@@H]1CCCN1C(=O)[C@@H](NC(=O)c1ccc(C(=O)NCC(=O)O)cc1)C(C)C)B1OC(C)(C)C(C)(C)O1. The molecule has 2 saturated heterocycles. The summed E-state index contributed by atoms with van der Waals surface area (Å²) in [5.74, 6) is -3.59. The number of aliphatic carboxylic acids is 1. The molecule has 0 saturated carbocycles. The zero-order valence-electron chi connectivity index (χ0n) is 26.4. The van der Waals surface area contributed by atoms with Crippen LogP contribution in [0.25, 0.3) is 0 Å². The Morgan fingerprint density at radius 3 is 1.93 bits per heavy atom. The average Bonchev–Trinajstić information content (AvgIpc) is 3.49. The Morgan fingerprint density at radius 1 is 0.907 bits per heavy atom. The van der Waals surface area contributed by atoms with Gasteiger partial charge >= 0.3 is 13.1 Å². The number of likely N-dealkylation sites (tertiary alicyclic amines) is 1. The van der Waals surface area contributed by atoms with Crippen LogP contribution in [-0.2, 0) is 23.7 Å². The van der Waals surface area contributed by atoms with E-state index in [4.69, 9.17) is 14.4 Å². The van der Waals surface area contributed by atoms with Gasteiger partial charge in [0.15, 0.2) is 0 Å². The van der Waals surface area contributed by atoms with Gasteiger partial charge in [0.1, 0.15) is 18.6 Å². The van der Waals surface area contributed by atoms with E-state index in [0.717, 1.165) is 0 Å². The molecule has 2 fully saturated rings. The van der Waals surface area contributed by atoms with Gasteiger partial charge in [0.2, 0.25) is 11.8 Å². The van der Waals surface area contributed by atoms with E-state index in [0.29, 0.717) is 19.4 Å². The van der Waals surface area contributed by atoms with E-state index < -0.39 is 60.7 Å². The number of carboxylic acid groups (broad SMARTS) is 1. The van der Waals surface area contributed by atoms with Gasteiger partial charge in [-0.3, -0.25) is 24.0 Å². The zero-order chi connectivity index (χ0) is 32.3. The van der Waals surface area contributed by atoms with Crippen LogP contribution < -0.4 is 16.0 Å². The molecule has 0 unspecified atom stereocenters. The van der Waals surface area contributed by atoms with Crippen LogP contribution in [0.4, 0.5) is 0 Å². The number of hydrogen-bond acceptors (Lipinski definition) is 7. The third-order valence-electron chi connectivity index (χ3n) is 8.46. The lowest BCUT2D eigenvalue weighted by atomic mass is 9.72. The molecule has 3 atom stereocenters. The molecule has 0 aliphatic carbocycles. The molecule has 0 bridgehead atoms. The first-order chi connectivity index (χ1) is 19.9. The van der Waals surface area contributed by atoms with E-state index >= 15 is 0 Å². The summed E-state index contributed by atoms with van der Waals surface area (Å²) in [7, 11) is -0.642. The van der Waals surface area contributed by atoms with Crippen LogP contribution in [0.1, 0.15) is 88.9 Å². The van der Waals surface area contributed by atoms with Gasteiger partial charge in [-0.25, -0.2) is 0 Å². The summed E-state index contributed by atoms with van der Waals surface area (Å²) in [5, 5.41) is 16.9. The third kappa shape index (κ3) is 7.94. The number of benzene rings is 1. The number of rotatable bonds is 11. The predicted molar refractivity (Wildman–Crippen MR) is 160 cm³/mol. The van der Waals surface area contributed by atoms with Crippen molar-refractivity contribution < 1.29 is 38.4 Å². The van der Waals surface area contributed by atoms with Gasteiger partial charge < -0.3 is 35.3 Å². The molecule has 4 amide bonds. The number of carbonyl (C=O) groups is 5. The van der Waals surface area contributed by atoms with Crippen molar-refractivity contribution in [2.45, 2.75) is 97.5 Å². The number of nitrogens with zero attached hydrogens (tertiary/aromatic N) is 1. The third-order valence-corrected chi connectivity index (χ3v) is 8.46. The maximum Gasteiger partial charge on any atom is 0.482 e. The first-order valence-corrected chi connectivity index (χ1v) is 14.8. The van der Waals surface area contributed by atoms with Crippen LogP contribution in [-0.4, -0.2) is 89.0 Å². The largest absolute Gasteiger partial charge is 0.482 e. The summed E-state index contributed by atoms with van der Waals surface area (Å²) in [6.45, 7) is 15.3. The van der Waals surface area contributed by atoms with Crippen LogP contribution in [0.3, 0.4) is 0 Å². The molecule has 2 aliphatic heterocycles. The highest BCUT2D eigenvalue weighted by Gasteiger charge is 2.55. The first kappa shape index (κ1) is 34.0. The Balaban J connectivity index is 1.69. The highest BCUT2D eigenvalue weighted by Crippen LogP contribution is 2.38. The van der Waals surface area contributed by atoms with Gasteiger partial charge in [0, 0.05) is 17.7 Å². The molecular formula is C30H45BN4O8. The minimum absolute atomic E-state index is 0.00142. The van der Waals surface area contributed by atoms with Crippen molar-refractivity contribution in [2.75, 3.05) is 13.1 Å². The average molecular weight is 601 g/mol. The summed E-state index contributed by atoms with van der Waals surface area (Å²) < 4.78 is 12.4. The topological polar surface area (TPSA) is 163 Å². The Morgan fingerprint density at radius 2 is 1.44 bits per heavy atom. The summed E-state index contributed by atoms with van der Waals surface area (Å²) in [5.41, 5.74) is -0.687. The van der Waals surface area contributed by atoms with E-state index in [2.05, 4.69) is 16.0 Å². The van der Waals surface area contributed by atoms with Crippen molar-refractivity contribution in [3.63, 3.8) is 0 Å². The molecule has 2 aliphatic rings. The van der Waals surface area contributed by atoms with Crippen molar-refractivity contribution >= 4 is 36.7 Å². The van der Waals surface area contributed by atoms with Gasteiger partial charge in [-0.05, 0) is 76.6 Å². The smallest absolute Gasteiger partial charge is 0.480 e. The highest BCUT2D eigenvalue weighted by molar-refractivity contribution is 6.48. The van der Waals surface area contributed by atoms with Crippen LogP contribution in [0.15, 0.2) is 24.3 Å². The minimum Gasteiger partial charge on any atom is -0.480 e. The Hall–Kier alpha value is -3.45. The normalized spacial score (nSPS) is 20.6. The molecule has 2 heterocycles. The van der Waals surface area contributed by atoms with Crippen molar-refractivity contribution in [3.8, 4) is 0 Å². The molecule has 12 nitrogen and oxygen atoms in total. The van der Waals surface area contributed by atoms with Gasteiger partial charge in [0.05, 0.1) is 17.1 Å². The predicted octanol–water partition coefficient (Wildman–Crippen LogP) is 2.02. The number of carbonyl (C=O) groups excluding carboxylic acids is 4. The van der Waals surface area contributed by atoms with E-state index in [1.165, 1.54) is 29.2 Å². The van der Waals surface area contributed by atoms with E-state index in [1.54, 1.807) is 0 Å². The molecule has 1 aromatic carbocycles. The molecule has 43 heavy (non-hydrogen) atoms. The highest BCUT2D eigenvalue weighted by atomic mass is 16.7. The van der Waals surface area contributed by atoms with Crippen LogP contribution in [0.5, 0.6) is 0 Å². The molecular weight excluding hydrogens is 555 g/mol. The number of hydrogen-bond donors (Lipinski definition) is 4. The van der Waals surface area contributed by atoms with Gasteiger partial charge in [0.25, 0.3) is 11.8 Å². The fraction of sp³-hybridized carbons (Fsp3) is 0.633. The van der Waals surface area contributed by atoms with Gasteiger partial charge in [-0.15, -0.1) is 0 Å². The monoisotopic (exact) mass is 600 g/mol. The van der Waals surface area contributed by atoms with E-state index in [9.17, 15) is 24.0 Å². The van der Waals surface area contributed by atoms with Crippen molar-refractivity contribution in [2.24, 2.45) is 11.8 Å². The molecule has 3 rings (SSSR count). The Labute approximate surface area is 253 Å². The fourth-order valence-corrected chi connectivity index (χ4v) is 5.10. The number of carboxylic acids is 1. The first-order valence-electron chi connectivity index (χ1n) is 14.8. The van der Waals surface area contributed by atoms with Crippen LogP contribution >= 0.6 is 0 Å². The molecule has 0 aromatic heterocycles. The second kappa shape index (κ2) is 13.5. The summed E-state index contributed by atoms with van der Waals surface area (Å²) in [6.07, 6.45) is 1.15. The molecule has 0 radical (unpaired) electrons. The lowest BCUT2D eigenvalue weighted by Gasteiger charge is -2.32. The molecule has 0 spiro atoms. The van der Waals surface area contributed by atoms with Crippen molar-refractivity contribution in [3.05, 3.63) is 35.4 Å². The van der Waals surface area contributed by atoms with Gasteiger partial charge in [-0.1, -0.05) is 27.7 Å². The summed E-state index contributed by atoms with van der Waals surface area (Å²) in [4.78, 5) is 64.8. The lowest BCUT2D eigenvalue weighted by molar-refractivity contribution is -0.140. The second-order valence-electron chi connectivity index (χ2n) is 12.9. The molecule has 4 N–H and O–H groups in total. The number of nitrogens with one attached hydrogen (secondary N) is 3. The lowest BCUT2D eigenvalue weighted by Crippen LogP contribution is -2.58. The molecule has 13 heteroatoms. The summed E-state index contributed by atoms with van der Waals surface area (Å²) >= 11 is 0. The molecule has 1 aromatic rings. The second-order valence-corrected chi connectivity index (χ2v) is 12.9. The van der Waals surface area contributed by atoms with Crippen molar-refractivity contribution in [1.29, 1.82) is 0 Å². The minimum atomic E-state index is -1.17. The molecule has 236 valence electrons. The maximum absolute atomic E-state index is 13.8.